The van der Waals surface area contributed by atoms with Crippen LogP contribution in [0.25, 0.3) is 0 Å². The van der Waals surface area contributed by atoms with E-state index >= 15 is 0 Å². The number of hydrogen-bond acceptors (Lipinski definition) is 2. The van der Waals surface area contributed by atoms with E-state index < -0.39 is 0 Å². The summed E-state index contributed by atoms with van der Waals surface area (Å²) in [6.45, 7) is 8.42. The lowest BCUT2D eigenvalue weighted by molar-refractivity contribution is 0.356. The molecule has 1 aromatic rings. The molecular weight excluding hydrogens is 196 g/mol. The smallest absolute Gasteiger partial charge is 0.123 e. The number of nitriles is 1. The van der Waals surface area contributed by atoms with Crippen LogP contribution >= 0.6 is 0 Å². The highest BCUT2D eigenvalue weighted by Gasteiger charge is 2.19. The van der Waals surface area contributed by atoms with Gasteiger partial charge in [-0.3, -0.25) is 4.90 Å². The quantitative estimate of drug-likeness (QED) is 0.759. The molecule has 0 radical (unpaired) electrons. The van der Waals surface area contributed by atoms with Crippen LogP contribution in [0.2, 0.25) is 0 Å². The summed E-state index contributed by atoms with van der Waals surface area (Å²) in [5.41, 5.74) is 6.18. The normalized spacial score (nSPS) is 12.6. The lowest BCUT2D eigenvalue weighted by Gasteiger charge is -2.24. The van der Waals surface area contributed by atoms with Gasteiger partial charge in [0.1, 0.15) is 6.04 Å². The van der Waals surface area contributed by atoms with Crippen LogP contribution in [0.3, 0.4) is 0 Å². The highest BCUT2D eigenvalue weighted by Crippen LogP contribution is 2.29. The van der Waals surface area contributed by atoms with Crippen LogP contribution in [0, 0.1) is 39.0 Å². The molecule has 86 valence electrons. The molecule has 0 aromatic heterocycles. The minimum Gasteiger partial charge on any atom is -0.291 e. The zero-order valence-corrected chi connectivity index (χ0v) is 11.0. The Balaban J connectivity index is 3.49. The van der Waals surface area contributed by atoms with E-state index in [1.807, 2.05) is 19.0 Å². The summed E-state index contributed by atoms with van der Waals surface area (Å²) in [6.07, 6.45) is 0. The molecule has 0 heterocycles. The summed E-state index contributed by atoms with van der Waals surface area (Å²) in [5, 5.41) is 9.29. The van der Waals surface area contributed by atoms with Gasteiger partial charge in [-0.2, -0.15) is 5.26 Å². The summed E-state index contributed by atoms with van der Waals surface area (Å²) in [6, 6.07) is 4.42. The third-order valence-corrected chi connectivity index (χ3v) is 3.34. The van der Waals surface area contributed by atoms with Crippen LogP contribution in [0.5, 0.6) is 0 Å². The summed E-state index contributed by atoms with van der Waals surface area (Å²) in [4.78, 5) is 1.97. The van der Waals surface area contributed by atoms with Crippen LogP contribution in [-0.2, 0) is 0 Å². The molecule has 1 aromatic carbocycles. The van der Waals surface area contributed by atoms with Crippen LogP contribution in [0.4, 0.5) is 0 Å². The molecule has 0 saturated carbocycles. The molecule has 16 heavy (non-hydrogen) atoms. The molecule has 0 fully saturated rings. The Kier molecular flexibility index (Phi) is 3.72. The van der Waals surface area contributed by atoms with Crippen LogP contribution in [-0.4, -0.2) is 19.0 Å². The molecule has 0 bridgehead atoms. The molecule has 0 amide bonds. The second kappa shape index (κ2) is 4.67. The van der Waals surface area contributed by atoms with Gasteiger partial charge in [-0.15, -0.1) is 0 Å². The second-order valence-electron chi connectivity index (χ2n) is 4.67. The number of benzene rings is 1. The van der Waals surface area contributed by atoms with E-state index in [0.717, 1.165) is 0 Å². The van der Waals surface area contributed by atoms with Gasteiger partial charge in [-0.05, 0) is 69.6 Å². The predicted molar refractivity (Wildman–Crippen MR) is 67.4 cm³/mol. The van der Waals surface area contributed by atoms with Crippen molar-refractivity contribution in [1.82, 2.24) is 4.90 Å². The number of aryl methyl sites for hydroxylation is 2. The molecule has 2 heteroatoms. The lowest BCUT2D eigenvalue weighted by atomic mass is 9.90. The lowest BCUT2D eigenvalue weighted by Crippen LogP contribution is -2.21. The van der Waals surface area contributed by atoms with E-state index in [1.165, 1.54) is 27.8 Å². The van der Waals surface area contributed by atoms with Gasteiger partial charge in [-0.25, -0.2) is 0 Å². The van der Waals surface area contributed by atoms with Crippen LogP contribution < -0.4 is 0 Å². The first-order valence-corrected chi connectivity index (χ1v) is 5.53. The standard InChI is InChI=1S/C14H20N2/c1-9-7-10(2)12(4)14(11(9)3)13(8-15)16(5)6/h7,13H,1-6H3. The van der Waals surface area contributed by atoms with E-state index in [4.69, 9.17) is 0 Å². The third kappa shape index (κ3) is 2.10. The highest BCUT2D eigenvalue weighted by molar-refractivity contribution is 5.47. The first-order valence-electron chi connectivity index (χ1n) is 5.53. The van der Waals surface area contributed by atoms with Crippen LogP contribution in [0.1, 0.15) is 33.9 Å². The maximum absolute atomic E-state index is 9.29. The fraction of sp³-hybridized carbons (Fsp3) is 0.500. The number of nitrogens with zero attached hydrogens (tertiary/aromatic N) is 2. The number of rotatable bonds is 2. The molecule has 2 nitrogen and oxygen atoms in total. The van der Waals surface area contributed by atoms with Crippen molar-refractivity contribution in [3.05, 3.63) is 33.9 Å². The van der Waals surface area contributed by atoms with Gasteiger partial charge in [-0.1, -0.05) is 6.07 Å². The molecule has 0 aliphatic heterocycles. The molecular formula is C14H20N2. The minimum absolute atomic E-state index is 0.154. The second-order valence-corrected chi connectivity index (χ2v) is 4.67. The highest BCUT2D eigenvalue weighted by atomic mass is 15.1. The Labute approximate surface area is 98.5 Å². The first kappa shape index (κ1) is 12.7. The van der Waals surface area contributed by atoms with Gasteiger partial charge in [0.2, 0.25) is 0 Å². The van der Waals surface area contributed by atoms with E-state index in [0.29, 0.717) is 0 Å². The largest absolute Gasteiger partial charge is 0.291 e. The van der Waals surface area contributed by atoms with Crippen molar-refractivity contribution in [1.29, 1.82) is 5.26 Å². The van der Waals surface area contributed by atoms with Gasteiger partial charge >= 0.3 is 0 Å². The van der Waals surface area contributed by atoms with Crippen LogP contribution in [0.15, 0.2) is 6.07 Å². The van der Waals surface area contributed by atoms with Gasteiger partial charge in [0.25, 0.3) is 0 Å². The SMILES string of the molecule is Cc1cc(C)c(C)c(C(C#N)N(C)C)c1C. The van der Waals surface area contributed by atoms with E-state index in [9.17, 15) is 5.26 Å². The van der Waals surface area contributed by atoms with Crippen molar-refractivity contribution in [3.8, 4) is 6.07 Å². The Morgan fingerprint density at radius 3 is 1.81 bits per heavy atom. The summed E-state index contributed by atoms with van der Waals surface area (Å²) in [5.74, 6) is 0. The van der Waals surface area contributed by atoms with E-state index in [1.54, 1.807) is 0 Å². The van der Waals surface area contributed by atoms with Crippen molar-refractivity contribution < 1.29 is 0 Å². The Hall–Kier alpha value is -1.33. The van der Waals surface area contributed by atoms with Crippen molar-refractivity contribution in [2.45, 2.75) is 33.7 Å². The van der Waals surface area contributed by atoms with Crippen molar-refractivity contribution in [2.75, 3.05) is 14.1 Å². The van der Waals surface area contributed by atoms with Crippen molar-refractivity contribution >= 4 is 0 Å². The zero-order valence-electron chi connectivity index (χ0n) is 11.0. The predicted octanol–water partition coefficient (Wildman–Crippen LogP) is 3.05. The minimum atomic E-state index is -0.154. The Morgan fingerprint density at radius 2 is 1.50 bits per heavy atom. The van der Waals surface area contributed by atoms with E-state index in [2.05, 4.69) is 39.8 Å². The zero-order chi connectivity index (χ0) is 12.5. The summed E-state index contributed by atoms with van der Waals surface area (Å²) in [7, 11) is 3.90. The monoisotopic (exact) mass is 216 g/mol. The molecule has 0 aliphatic carbocycles. The Bertz CT molecular complexity index is 413. The van der Waals surface area contributed by atoms with Crippen molar-refractivity contribution in [3.63, 3.8) is 0 Å². The molecule has 0 N–H and O–H groups in total. The van der Waals surface area contributed by atoms with Crippen molar-refractivity contribution in [2.24, 2.45) is 0 Å². The third-order valence-electron chi connectivity index (χ3n) is 3.34. The number of hydrogen-bond donors (Lipinski definition) is 0. The maximum atomic E-state index is 9.29. The fourth-order valence-electron chi connectivity index (χ4n) is 2.10. The molecule has 0 aliphatic rings. The average molecular weight is 216 g/mol. The molecule has 1 atom stereocenters. The Morgan fingerprint density at radius 1 is 1.06 bits per heavy atom. The topological polar surface area (TPSA) is 27.0 Å². The fourth-order valence-corrected chi connectivity index (χ4v) is 2.10. The summed E-state index contributed by atoms with van der Waals surface area (Å²) >= 11 is 0. The van der Waals surface area contributed by atoms with Gasteiger partial charge in [0.15, 0.2) is 0 Å². The van der Waals surface area contributed by atoms with E-state index in [-0.39, 0.29) is 6.04 Å². The van der Waals surface area contributed by atoms with Gasteiger partial charge in [0, 0.05) is 0 Å². The summed E-state index contributed by atoms with van der Waals surface area (Å²) < 4.78 is 0. The van der Waals surface area contributed by atoms with Gasteiger partial charge < -0.3 is 0 Å². The molecule has 1 rings (SSSR count). The van der Waals surface area contributed by atoms with Gasteiger partial charge in [0.05, 0.1) is 6.07 Å². The molecule has 0 saturated heterocycles. The molecule has 1 unspecified atom stereocenters. The first-order chi connectivity index (χ1) is 7.40. The average Bonchev–Trinajstić information content (AvgIpc) is 2.21. The maximum Gasteiger partial charge on any atom is 0.123 e. The molecule has 0 spiro atoms.